The van der Waals surface area contributed by atoms with Crippen molar-refractivity contribution in [3.63, 3.8) is 0 Å². The molecule has 3 heteroatoms. The average Bonchev–Trinajstić information content (AvgIpc) is 2.93. The van der Waals surface area contributed by atoms with Crippen LogP contribution in [0.15, 0.2) is 60.8 Å². The minimum atomic E-state index is 0.201. The van der Waals surface area contributed by atoms with Gasteiger partial charge in [-0.05, 0) is 47.9 Å². The Bertz CT molecular complexity index is 828. The monoisotopic (exact) mass is 331 g/mol. The van der Waals surface area contributed by atoms with Crippen LogP contribution < -0.4 is 5.32 Å². The smallest absolute Gasteiger partial charge is 0.0782 e. The molecule has 0 spiro atoms. The molecule has 4 rings (SSSR count). The molecule has 3 aromatic rings. The lowest BCUT2D eigenvalue weighted by Crippen LogP contribution is -2.33. The fourth-order valence-electron chi connectivity index (χ4n) is 3.80. The van der Waals surface area contributed by atoms with Gasteiger partial charge in [0, 0.05) is 25.8 Å². The summed E-state index contributed by atoms with van der Waals surface area (Å²) in [7, 11) is 0. The van der Waals surface area contributed by atoms with Gasteiger partial charge >= 0.3 is 0 Å². The van der Waals surface area contributed by atoms with Crippen LogP contribution in [-0.4, -0.2) is 36.1 Å². The van der Waals surface area contributed by atoms with Crippen molar-refractivity contribution in [2.75, 3.05) is 26.2 Å². The number of nitrogens with zero attached hydrogens (tertiary/aromatic N) is 2. The van der Waals surface area contributed by atoms with Crippen molar-refractivity contribution in [3.05, 3.63) is 77.6 Å². The van der Waals surface area contributed by atoms with E-state index >= 15 is 0 Å². The minimum absolute atomic E-state index is 0.201. The second kappa shape index (κ2) is 7.34. The molecule has 1 fully saturated rings. The number of nitrogens with one attached hydrogen (secondary N) is 1. The highest BCUT2D eigenvalue weighted by molar-refractivity contribution is 5.86. The van der Waals surface area contributed by atoms with Crippen molar-refractivity contribution in [2.24, 2.45) is 0 Å². The third-order valence-corrected chi connectivity index (χ3v) is 5.07. The van der Waals surface area contributed by atoms with Gasteiger partial charge in [-0.1, -0.05) is 48.5 Å². The van der Waals surface area contributed by atoms with Crippen molar-refractivity contribution in [1.29, 1.82) is 0 Å². The molecule has 0 bridgehead atoms. The van der Waals surface area contributed by atoms with E-state index in [4.69, 9.17) is 4.98 Å². The molecule has 0 amide bonds. The summed E-state index contributed by atoms with van der Waals surface area (Å²) < 4.78 is 0. The van der Waals surface area contributed by atoms with E-state index in [-0.39, 0.29) is 6.04 Å². The summed E-state index contributed by atoms with van der Waals surface area (Å²) in [5, 5.41) is 6.14. The van der Waals surface area contributed by atoms with E-state index in [2.05, 4.69) is 71.7 Å². The van der Waals surface area contributed by atoms with Crippen LogP contribution in [0.3, 0.4) is 0 Å². The summed E-state index contributed by atoms with van der Waals surface area (Å²) in [5.74, 6) is 0. The molecule has 128 valence electrons. The third kappa shape index (κ3) is 3.44. The number of rotatable bonds is 3. The quantitative estimate of drug-likeness (QED) is 0.788. The van der Waals surface area contributed by atoms with Gasteiger partial charge in [-0.2, -0.15) is 0 Å². The van der Waals surface area contributed by atoms with Crippen LogP contribution in [-0.2, 0) is 0 Å². The predicted molar refractivity (Wildman–Crippen MR) is 104 cm³/mol. The first-order valence-corrected chi connectivity index (χ1v) is 9.18. The van der Waals surface area contributed by atoms with E-state index in [1.807, 2.05) is 6.20 Å². The van der Waals surface area contributed by atoms with Gasteiger partial charge in [0.25, 0.3) is 0 Å². The zero-order chi connectivity index (χ0) is 17.1. The van der Waals surface area contributed by atoms with Crippen molar-refractivity contribution in [1.82, 2.24) is 15.2 Å². The van der Waals surface area contributed by atoms with Gasteiger partial charge in [-0.15, -0.1) is 0 Å². The number of pyridine rings is 1. The van der Waals surface area contributed by atoms with Crippen LogP contribution in [0.2, 0.25) is 0 Å². The molecule has 25 heavy (non-hydrogen) atoms. The maximum atomic E-state index is 4.81. The first kappa shape index (κ1) is 16.2. The molecule has 1 aromatic heterocycles. The molecule has 2 heterocycles. The molecule has 2 aromatic carbocycles. The first-order chi connectivity index (χ1) is 12.3. The van der Waals surface area contributed by atoms with Gasteiger partial charge in [0.2, 0.25) is 0 Å². The Labute approximate surface area is 149 Å². The summed E-state index contributed by atoms with van der Waals surface area (Å²) in [6.07, 6.45) is 3.16. The standard InChI is InChI=1S/C22H25N3/c1-17-10-11-21(24-16-17)22(25-14-5-12-23-13-15-25)20-9-4-7-18-6-2-3-8-19(18)20/h2-4,6-11,16,22-23H,5,12-15H2,1H3. The lowest BCUT2D eigenvalue weighted by atomic mass is 9.94. The summed E-state index contributed by atoms with van der Waals surface area (Å²) in [4.78, 5) is 7.39. The maximum absolute atomic E-state index is 4.81. The lowest BCUT2D eigenvalue weighted by molar-refractivity contribution is 0.238. The first-order valence-electron chi connectivity index (χ1n) is 9.18. The number of hydrogen-bond acceptors (Lipinski definition) is 3. The van der Waals surface area contributed by atoms with E-state index in [0.717, 1.165) is 31.9 Å². The van der Waals surface area contributed by atoms with Gasteiger partial charge in [-0.25, -0.2) is 0 Å². The Balaban J connectivity index is 1.85. The fraction of sp³-hybridized carbons (Fsp3) is 0.318. The fourth-order valence-corrected chi connectivity index (χ4v) is 3.80. The molecule has 3 nitrogen and oxygen atoms in total. The van der Waals surface area contributed by atoms with E-state index in [9.17, 15) is 0 Å². The number of hydrogen-bond donors (Lipinski definition) is 1. The zero-order valence-corrected chi connectivity index (χ0v) is 14.8. The van der Waals surface area contributed by atoms with Crippen molar-refractivity contribution in [2.45, 2.75) is 19.4 Å². The van der Waals surface area contributed by atoms with Crippen LogP contribution in [0.1, 0.15) is 29.3 Å². The van der Waals surface area contributed by atoms with Crippen molar-refractivity contribution < 1.29 is 0 Å². The second-order valence-electron chi connectivity index (χ2n) is 6.87. The third-order valence-electron chi connectivity index (χ3n) is 5.07. The van der Waals surface area contributed by atoms with Crippen LogP contribution in [0.4, 0.5) is 0 Å². The van der Waals surface area contributed by atoms with Crippen LogP contribution in [0.25, 0.3) is 10.8 Å². The Hall–Kier alpha value is -2.23. The lowest BCUT2D eigenvalue weighted by Gasteiger charge is -2.31. The highest BCUT2D eigenvalue weighted by Crippen LogP contribution is 2.33. The molecular weight excluding hydrogens is 306 g/mol. The van der Waals surface area contributed by atoms with E-state index < -0.39 is 0 Å². The van der Waals surface area contributed by atoms with Crippen LogP contribution in [0, 0.1) is 6.92 Å². The highest BCUT2D eigenvalue weighted by Gasteiger charge is 2.25. The van der Waals surface area contributed by atoms with Gasteiger partial charge in [0.1, 0.15) is 0 Å². The largest absolute Gasteiger partial charge is 0.315 e. The summed E-state index contributed by atoms with van der Waals surface area (Å²) in [5.41, 5.74) is 3.71. The summed E-state index contributed by atoms with van der Waals surface area (Å²) in [6, 6.07) is 19.9. The molecule has 0 saturated carbocycles. The van der Waals surface area contributed by atoms with E-state index in [1.165, 1.54) is 28.3 Å². The summed E-state index contributed by atoms with van der Waals surface area (Å²) >= 11 is 0. The molecule has 0 radical (unpaired) electrons. The predicted octanol–water partition coefficient (Wildman–Crippen LogP) is 3.93. The molecule has 1 unspecified atom stereocenters. The normalized spacial score (nSPS) is 17.3. The molecule has 1 aliphatic heterocycles. The summed E-state index contributed by atoms with van der Waals surface area (Å²) in [6.45, 7) is 6.37. The molecule has 1 atom stereocenters. The van der Waals surface area contributed by atoms with Gasteiger partial charge in [0.15, 0.2) is 0 Å². The van der Waals surface area contributed by atoms with Crippen molar-refractivity contribution >= 4 is 10.8 Å². The number of aryl methyl sites for hydroxylation is 1. The molecule has 1 N–H and O–H groups in total. The van der Waals surface area contributed by atoms with E-state index in [1.54, 1.807) is 0 Å². The van der Waals surface area contributed by atoms with Gasteiger partial charge < -0.3 is 5.32 Å². The topological polar surface area (TPSA) is 28.2 Å². The highest BCUT2D eigenvalue weighted by atomic mass is 15.2. The Morgan fingerprint density at radius 2 is 1.84 bits per heavy atom. The Kier molecular flexibility index (Phi) is 4.77. The molecular formula is C22H25N3. The van der Waals surface area contributed by atoms with Crippen LogP contribution in [0.5, 0.6) is 0 Å². The Morgan fingerprint density at radius 1 is 0.960 bits per heavy atom. The molecule has 1 aliphatic rings. The zero-order valence-electron chi connectivity index (χ0n) is 14.8. The molecule has 0 aliphatic carbocycles. The number of fused-ring (bicyclic) bond motifs is 1. The Morgan fingerprint density at radius 3 is 2.72 bits per heavy atom. The molecule has 1 saturated heterocycles. The number of aromatic nitrogens is 1. The minimum Gasteiger partial charge on any atom is -0.315 e. The van der Waals surface area contributed by atoms with Gasteiger partial charge in [-0.3, -0.25) is 9.88 Å². The van der Waals surface area contributed by atoms with Crippen LogP contribution >= 0.6 is 0 Å². The van der Waals surface area contributed by atoms with Gasteiger partial charge in [0.05, 0.1) is 11.7 Å². The number of benzene rings is 2. The second-order valence-corrected chi connectivity index (χ2v) is 6.87. The van der Waals surface area contributed by atoms with Crippen molar-refractivity contribution in [3.8, 4) is 0 Å². The average molecular weight is 331 g/mol. The maximum Gasteiger partial charge on any atom is 0.0782 e. The van der Waals surface area contributed by atoms with E-state index in [0.29, 0.717) is 0 Å². The SMILES string of the molecule is Cc1ccc(C(c2cccc3ccccc23)N2CCCNCC2)nc1.